The first-order valence-corrected chi connectivity index (χ1v) is 4.67. The Labute approximate surface area is 116 Å². The van der Waals surface area contributed by atoms with Crippen LogP contribution in [0.2, 0.25) is 0 Å². The molecule has 0 aromatic heterocycles. The highest BCUT2D eigenvalue weighted by Gasteiger charge is 2.18. The molecule has 0 aliphatic carbocycles. The van der Waals surface area contributed by atoms with Crippen LogP contribution in [-0.2, 0) is 4.79 Å². The van der Waals surface area contributed by atoms with E-state index in [1.807, 2.05) is 0 Å². The first-order chi connectivity index (χ1) is 12.4. The highest BCUT2D eigenvalue weighted by atomic mass is 16.7. The minimum Gasteiger partial charge on any atom is -0.454 e. The van der Waals surface area contributed by atoms with Crippen LogP contribution in [-0.4, -0.2) is 12.5 Å². The Balaban J connectivity index is 2.46. The van der Waals surface area contributed by atoms with Gasteiger partial charge in [-0.05, 0) is 23.8 Å². The van der Waals surface area contributed by atoms with E-state index >= 15 is 0 Å². The summed E-state index contributed by atoms with van der Waals surface area (Å²) in [5.41, 5.74) is -3.39. The molecule has 1 aromatic rings. The normalized spacial score (nSPS) is 29.1. The third-order valence-corrected chi connectivity index (χ3v) is 2.07. The number of hydrogen-bond donors (Lipinski definition) is 0. The van der Waals surface area contributed by atoms with Crippen LogP contribution in [0.15, 0.2) is 24.3 Å². The molecule has 1 aromatic carbocycles. The van der Waals surface area contributed by atoms with Gasteiger partial charge in [0, 0.05) is 17.8 Å². The average Bonchev–Trinajstić information content (AvgIpc) is 2.73. The summed E-state index contributed by atoms with van der Waals surface area (Å²) in [5.74, 6) is -1.50. The van der Waals surface area contributed by atoms with Crippen LogP contribution in [0.3, 0.4) is 0 Å². The van der Waals surface area contributed by atoms with Crippen molar-refractivity contribution < 1.29 is 29.3 Å². The molecule has 2 rings (SSSR count). The Kier molecular flexibility index (Phi) is 1.04. The highest BCUT2D eigenvalue weighted by Crippen LogP contribution is 2.32. The second kappa shape index (κ2) is 4.24. The number of ketones is 1. The predicted octanol–water partition coefficient (Wildman–Crippen LogP) is 3.04. The van der Waals surface area contributed by atoms with Gasteiger partial charge < -0.3 is 9.47 Å². The molecule has 0 saturated carbocycles. The molecule has 1 aliphatic heterocycles. The molecule has 3 heteroatoms. The fourth-order valence-corrected chi connectivity index (χ4v) is 1.20. The molecule has 1 heterocycles. The molecule has 0 radical (unpaired) electrons. The van der Waals surface area contributed by atoms with Crippen molar-refractivity contribution in [3.05, 3.63) is 29.8 Å². The largest absolute Gasteiger partial charge is 0.454 e. The van der Waals surface area contributed by atoms with Gasteiger partial charge in [0.25, 0.3) is 0 Å². The van der Waals surface area contributed by atoms with Crippen LogP contribution < -0.4 is 9.47 Å². The first kappa shape index (κ1) is 4.16. The number of fused-ring (bicyclic) bond motifs is 1. The molecule has 0 unspecified atom stereocenters. The molecule has 3 nitrogen and oxygen atoms in total. The van der Waals surface area contributed by atoms with Crippen molar-refractivity contribution >= 4 is 11.9 Å². The summed E-state index contributed by atoms with van der Waals surface area (Å²) in [4.78, 5) is 12.6. The van der Waals surface area contributed by atoms with Crippen LogP contribution in [0, 0.1) is 5.41 Å². The van der Waals surface area contributed by atoms with Gasteiger partial charge in [0.1, 0.15) is 2.74 Å². The molecule has 0 bridgehead atoms. The van der Waals surface area contributed by atoms with Crippen LogP contribution in [0.5, 0.6) is 11.5 Å². The molecule has 0 fully saturated rings. The van der Waals surface area contributed by atoms with Gasteiger partial charge in [-0.1, -0.05) is 32.7 Å². The van der Waals surface area contributed by atoms with Crippen LogP contribution in [0.25, 0.3) is 6.08 Å². The third-order valence-electron chi connectivity index (χ3n) is 2.07. The van der Waals surface area contributed by atoms with Crippen molar-refractivity contribution in [3.8, 4) is 11.5 Å². The van der Waals surface area contributed by atoms with E-state index in [0.717, 1.165) is 6.08 Å². The molecule has 0 N–H and O–H groups in total. The van der Waals surface area contributed by atoms with E-state index in [4.69, 9.17) is 24.6 Å². The van der Waals surface area contributed by atoms with Gasteiger partial charge in [0.2, 0.25) is 6.75 Å². The number of ether oxygens (including phenoxy) is 2. The van der Waals surface area contributed by atoms with Crippen molar-refractivity contribution in [2.75, 3.05) is 6.75 Å². The second-order valence-corrected chi connectivity index (χ2v) is 3.44. The highest BCUT2D eigenvalue weighted by molar-refractivity contribution is 5.97. The minimum atomic E-state index is -3.63. The minimum absolute atomic E-state index is 0.00771. The predicted molar refractivity (Wildman–Crippen MR) is 66.1 cm³/mol. The molecular weight excluding hydrogens is 216 g/mol. The maximum absolute atomic E-state index is 12.6. The lowest BCUT2D eigenvalue weighted by atomic mass is 9.90. The molecular formula is C14H16O3. The van der Waals surface area contributed by atoms with E-state index in [1.54, 1.807) is 0 Å². The van der Waals surface area contributed by atoms with E-state index < -0.39 is 38.5 Å². The van der Waals surface area contributed by atoms with Crippen LogP contribution in [0.1, 0.15) is 41.2 Å². The Morgan fingerprint density at radius 1 is 1.41 bits per heavy atom. The summed E-state index contributed by atoms with van der Waals surface area (Å²) in [5, 5.41) is 0. The van der Waals surface area contributed by atoms with Gasteiger partial charge in [0.05, 0.1) is 0 Å². The van der Waals surface area contributed by atoms with Gasteiger partial charge >= 0.3 is 0 Å². The lowest BCUT2D eigenvalue weighted by molar-refractivity contribution is -0.121. The summed E-state index contributed by atoms with van der Waals surface area (Å²) in [6, 6.07) is 3.97. The Morgan fingerprint density at radius 3 is 2.94 bits per heavy atom. The molecule has 17 heavy (non-hydrogen) atoms. The van der Waals surface area contributed by atoms with Crippen molar-refractivity contribution in [1.29, 1.82) is 0 Å². The monoisotopic (exact) mass is 243 g/mol. The Bertz CT molecular complexity index is 766. The first-order valence-electron chi connectivity index (χ1n) is 10.2. The topological polar surface area (TPSA) is 35.5 Å². The lowest BCUT2D eigenvalue weighted by Crippen LogP contribution is -2.17. The van der Waals surface area contributed by atoms with E-state index in [2.05, 4.69) is 0 Å². The van der Waals surface area contributed by atoms with Crippen molar-refractivity contribution in [3.63, 3.8) is 0 Å². The smallest absolute Gasteiger partial charge is 0.231 e. The fourth-order valence-electron chi connectivity index (χ4n) is 1.20. The van der Waals surface area contributed by atoms with Crippen LogP contribution in [0.4, 0.5) is 0 Å². The fraction of sp³-hybridized carbons (Fsp3) is 0.357. The second-order valence-electron chi connectivity index (χ2n) is 3.44. The number of hydrogen-bond acceptors (Lipinski definition) is 3. The zero-order chi connectivity index (χ0) is 21.8. The van der Waals surface area contributed by atoms with Gasteiger partial charge in [0.15, 0.2) is 17.3 Å². The molecule has 0 saturated heterocycles. The van der Waals surface area contributed by atoms with E-state index in [0.29, 0.717) is 6.08 Å². The van der Waals surface area contributed by atoms with E-state index in [9.17, 15) is 4.79 Å². The SMILES string of the molecule is [2H]C1([2H])Oc2ccc(/C=C/C(=O)C(C([2H])([2H])[2H])(C([2H])([2H])[2H])C([2H])([2H])[2H])cc2O1. The van der Waals surface area contributed by atoms with E-state index in [1.165, 1.54) is 18.2 Å². The van der Waals surface area contributed by atoms with Crippen molar-refractivity contribution in [2.24, 2.45) is 5.41 Å². The lowest BCUT2D eigenvalue weighted by Gasteiger charge is -2.12. The summed E-state index contributed by atoms with van der Waals surface area (Å²) >= 11 is 0. The van der Waals surface area contributed by atoms with Gasteiger partial charge in [-0.15, -0.1) is 0 Å². The number of allylic oxidation sites excluding steroid dienone is 1. The maximum Gasteiger partial charge on any atom is 0.231 e. The summed E-state index contributed by atoms with van der Waals surface area (Å²) in [6.45, 7) is -13.3. The van der Waals surface area contributed by atoms with Crippen LogP contribution >= 0.6 is 0 Å². The molecule has 90 valence electrons. The van der Waals surface area contributed by atoms with Crippen molar-refractivity contribution in [1.82, 2.24) is 0 Å². The van der Waals surface area contributed by atoms with Gasteiger partial charge in [-0.25, -0.2) is 0 Å². The van der Waals surface area contributed by atoms with E-state index in [-0.39, 0.29) is 17.1 Å². The summed E-state index contributed by atoms with van der Waals surface area (Å²) in [7, 11) is 0. The Morgan fingerprint density at radius 2 is 2.18 bits per heavy atom. The molecule has 0 amide bonds. The number of carbonyl (C=O) groups excluding carboxylic acids is 1. The number of benzene rings is 1. The number of carbonyl (C=O) groups is 1. The molecule has 0 atom stereocenters. The number of rotatable bonds is 2. The maximum atomic E-state index is 12.6. The van der Waals surface area contributed by atoms with Gasteiger partial charge in [-0.2, -0.15) is 0 Å². The van der Waals surface area contributed by atoms with Crippen molar-refractivity contribution in [2.45, 2.75) is 20.6 Å². The summed E-state index contributed by atoms with van der Waals surface area (Å²) in [6.07, 6.45) is 1.61. The molecule has 0 spiro atoms. The quantitative estimate of drug-likeness (QED) is 0.749. The standard InChI is InChI=1S/C14H16O3/c1-14(2,3)13(15)7-5-10-4-6-11-12(8-10)17-9-16-11/h4-8H,9H2,1-3H3/b7-5+/i1D3,2D3,3D3,9D2. The van der Waals surface area contributed by atoms with Gasteiger partial charge in [-0.3, -0.25) is 4.79 Å². The third kappa shape index (κ3) is 2.67. The summed E-state index contributed by atoms with van der Waals surface area (Å²) < 4.78 is 91.9. The molecule has 1 aliphatic rings. The zero-order valence-corrected chi connectivity index (χ0v) is 8.61. The average molecular weight is 243 g/mol. The Hall–Kier alpha value is -1.77. The zero-order valence-electron chi connectivity index (χ0n) is 19.6.